The van der Waals surface area contributed by atoms with Crippen LogP contribution in [0.5, 0.6) is 0 Å². The fourth-order valence-electron chi connectivity index (χ4n) is 5.36. The molecule has 6 rings (SSSR count). The van der Waals surface area contributed by atoms with Gasteiger partial charge in [0.25, 0.3) is 11.8 Å². The normalized spacial score (nSPS) is 16.1. The van der Waals surface area contributed by atoms with Crippen LogP contribution in [0, 0.1) is 0 Å². The number of rotatable bonds is 5. The Balaban J connectivity index is 1.37. The van der Waals surface area contributed by atoms with Crippen molar-refractivity contribution in [2.75, 3.05) is 30.8 Å². The number of anilines is 2. The number of nitrogens with two attached hydrogens (primary N) is 1. The van der Waals surface area contributed by atoms with Gasteiger partial charge in [-0.05, 0) is 54.8 Å². The molecular formula is C30H29N5O3. The van der Waals surface area contributed by atoms with Crippen LogP contribution in [-0.2, 0) is 11.3 Å². The first-order valence-electron chi connectivity index (χ1n) is 12.8. The molecular weight excluding hydrogens is 478 g/mol. The summed E-state index contributed by atoms with van der Waals surface area (Å²) in [6.45, 7) is 1.64. The summed E-state index contributed by atoms with van der Waals surface area (Å²) in [6, 6.07) is 18.9. The lowest BCUT2D eigenvalue weighted by Crippen LogP contribution is -2.40. The molecule has 38 heavy (non-hydrogen) atoms. The summed E-state index contributed by atoms with van der Waals surface area (Å²) in [5, 5.41) is 8.49. The number of nitrogens with zero attached hydrogens (tertiary/aromatic N) is 3. The van der Waals surface area contributed by atoms with E-state index in [0.29, 0.717) is 42.1 Å². The fourth-order valence-corrected chi connectivity index (χ4v) is 5.36. The number of carbonyl (C=O) groups excluding carboxylic acids is 2. The number of aromatic amines is 1. The number of likely N-dealkylation sites (tertiary alicyclic amines) is 1. The van der Waals surface area contributed by atoms with Crippen LogP contribution in [0.3, 0.4) is 0 Å². The molecule has 3 aromatic carbocycles. The Morgan fingerprint density at radius 3 is 2.68 bits per heavy atom. The Kier molecular flexibility index (Phi) is 6.17. The topological polar surface area (TPSA) is 105 Å². The van der Waals surface area contributed by atoms with Gasteiger partial charge in [0.15, 0.2) is 0 Å². The molecule has 8 heteroatoms. The molecule has 1 saturated heterocycles. The maximum atomic E-state index is 13.5. The van der Waals surface area contributed by atoms with E-state index in [2.05, 4.69) is 10.2 Å². The van der Waals surface area contributed by atoms with Gasteiger partial charge in [0.2, 0.25) is 0 Å². The van der Waals surface area contributed by atoms with E-state index in [1.807, 2.05) is 65.6 Å². The van der Waals surface area contributed by atoms with Gasteiger partial charge in [0.1, 0.15) is 0 Å². The number of ether oxygens (including phenoxy) is 1. The minimum atomic E-state index is -0.127. The van der Waals surface area contributed by atoms with E-state index in [1.54, 1.807) is 24.1 Å². The maximum Gasteiger partial charge on any atom is 0.259 e. The number of amides is 2. The smallest absolute Gasteiger partial charge is 0.259 e. The second-order valence-corrected chi connectivity index (χ2v) is 9.75. The number of hydrogen-bond donors (Lipinski definition) is 2. The van der Waals surface area contributed by atoms with E-state index in [4.69, 9.17) is 10.5 Å². The summed E-state index contributed by atoms with van der Waals surface area (Å²) in [5.74, 6) is -0.170. The highest BCUT2D eigenvalue weighted by Crippen LogP contribution is 2.35. The molecule has 0 unspecified atom stereocenters. The number of aromatic nitrogens is 2. The highest BCUT2D eigenvalue weighted by molar-refractivity contribution is 6.12. The third kappa shape index (κ3) is 4.22. The first kappa shape index (κ1) is 23.9. The lowest BCUT2D eigenvalue weighted by atomic mass is 10.0. The Morgan fingerprint density at radius 2 is 1.89 bits per heavy atom. The van der Waals surface area contributed by atoms with Crippen LogP contribution in [0.1, 0.15) is 50.4 Å². The quantitative estimate of drug-likeness (QED) is 0.380. The number of para-hydroxylation sites is 1. The van der Waals surface area contributed by atoms with Crippen molar-refractivity contribution in [2.45, 2.75) is 25.5 Å². The Morgan fingerprint density at radius 1 is 1.08 bits per heavy atom. The summed E-state index contributed by atoms with van der Waals surface area (Å²) in [5.41, 5.74) is 12.0. The molecule has 2 aliphatic heterocycles. The Bertz CT molecular complexity index is 1570. The zero-order valence-electron chi connectivity index (χ0n) is 21.2. The number of nitrogen functional groups attached to an aromatic ring is 1. The van der Waals surface area contributed by atoms with Gasteiger partial charge in [-0.1, -0.05) is 36.4 Å². The molecule has 0 atom stereocenters. The van der Waals surface area contributed by atoms with Crippen molar-refractivity contribution < 1.29 is 14.3 Å². The summed E-state index contributed by atoms with van der Waals surface area (Å²) in [4.78, 5) is 30.5. The number of hydrogen-bond acceptors (Lipinski definition) is 5. The van der Waals surface area contributed by atoms with Crippen LogP contribution in [0.4, 0.5) is 11.4 Å². The van der Waals surface area contributed by atoms with Crippen LogP contribution >= 0.6 is 0 Å². The molecule has 2 aliphatic rings. The molecule has 3 N–H and O–H groups in total. The van der Waals surface area contributed by atoms with Gasteiger partial charge in [0, 0.05) is 48.0 Å². The van der Waals surface area contributed by atoms with E-state index in [1.165, 1.54) is 0 Å². The maximum absolute atomic E-state index is 13.5. The summed E-state index contributed by atoms with van der Waals surface area (Å²) in [6.07, 6.45) is 5.68. The van der Waals surface area contributed by atoms with Crippen LogP contribution in [0.2, 0.25) is 0 Å². The SMILES string of the molecule is COC1CCN(C(=O)c2ccc(C=Cc3n[nH]c4ccccc34)c(N3Cc4c(N)cccc4C3=O)c2)CC1. The second kappa shape index (κ2) is 9.79. The zero-order chi connectivity index (χ0) is 26.2. The van der Waals surface area contributed by atoms with Crippen LogP contribution in [0.25, 0.3) is 23.1 Å². The largest absolute Gasteiger partial charge is 0.398 e. The highest BCUT2D eigenvalue weighted by Gasteiger charge is 2.32. The van der Waals surface area contributed by atoms with Crippen molar-refractivity contribution in [3.05, 3.63) is 88.6 Å². The van der Waals surface area contributed by atoms with Crippen molar-refractivity contribution in [1.29, 1.82) is 0 Å². The average Bonchev–Trinajstić information content (AvgIpc) is 3.53. The molecule has 0 radical (unpaired) electrons. The fraction of sp³-hybridized carbons (Fsp3) is 0.233. The first-order valence-corrected chi connectivity index (χ1v) is 12.8. The predicted molar refractivity (Wildman–Crippen MR) is 149 cm³/mol. The van der Waals surface area contributed by atoms with Crippen LogP contribution in [-0.4, -0.2) is 53.2 Å². The number of benzene rings is 3. The van der Waals surface area contributed by atoms with Crippen LogP contribution in [0.15, 0.2) is 60.7 Å². The van der Waals surface area contributed by atoms with Gasteiger partial charge >= 0.3 is 0 Å². The molecule has 3 heterocycles. The number of methoxy groups -OCH3 is 1. The molecule has 0 spiro atoms. The number of nitrogens with one attached hydrogen (secondary N) is 1. The van der Waals surface area contributed by atoms with Gasteiger partial charge < -0.3 is 20.3 Å². The first-order chi connectivity index (χ1) is 18.5. The molecule has 4 aromatic rings. The zero-order valence-corrected chi connectivity index (χ0v) is 21.2. The standard InChI is InChI=1S/C30H29N5O3/c1-38-21-13-15-34(16-14-21)29(36)20-10-9-19(11-12-27-23-5-2-3-8-26(23)32-33-27)28(17-20)35-18-24-22(30(35)37)6-4-7-25(24)31/h2-12,17,21H,13-16,18,31H2,1H3,(H,32,33). The number of carbonyl (C=O) groups is 2. The van der Waals surface area contributed by atoms with Crippen molar-refractivity contribution in [3.8, 4) is 0 Å². The monoisotopic (exact) mass is 507 g/mol. The van der Waals surface area contributed by atoms with E-state index < -0.39 is 0 Å². The number of piperidine rings is 1. The van der Waals surface area contributed by atoms with Crippen LogP contribution < -0.4 is 10.6 Å². The lowest BCUT2D eigenvalue weighted by molar-refractivity contribution is 0.0350. The molecule has 0 aliphatic carbocycles. The number of H-pyrrole nitrogens is 1. The third-order valence-corrected chi connectivity index (χ3v) is 7.56. The van der Waals surface area contributed by atoms with Crippen molar-refractivity contribution in [1.82, 2.24) is 15.1 Å². The predicted octanol–water partition coefficient (Wildman–Crippen LogP) is 4.73. The third-order valence-electron chi connectivity index (χ3n) is 7.56. The van der Waals surface area contributed by atoms with Gasteiger partial charge in [-0.2, -0.15) is 5.10 Å². The molecule has 2 amide bonds. The summed E-state index contributed by atoms with van der Waals surface area (Å²) < 4.78 is 5.46. The Hall–Kier alpha value is -4.43. The minimum Gasteiger partial charge on any atom is -0.398 e. The van der Waals surface area contributed by atoms with Gasteiger partial charge in [-0.25, -0.2) is 0 Å². The van der Waals surface area contributed by atoms with E-state index in [0.717, 1.165) is 40.6 Å². The molecule has 192 valence electrons. The molecule has 0 saturated carbocycles. The second-order valence-electron chi connectivity index (χ2n) is 9.75. The van der Waals surface area contributed by atoms with E-state index in [-0.39, 0.29) is 17.9 Å². The summed E-state index contributed by atoms with van der Waals surface area (Å²) in [7, 11) is 1.71. The minimum absolute atomic E-state index is 0.0432. The molecule has 0 bridgehead atoms. The highest BCUT2D eigenvalue weighted by atomic mass is 16.5. The molecule has 1 fully saturated rings. The van der Waals surface area contributed by atoms with Crippen molar-refractivity contribution >= 4 is 46.2 Å². The number of fused-ring (bicyclic) bond motifs is 2. The Labute approximate surface area is 220 Å². The molecule has 8 nitrogen and oxygen atoms in total. The van der Waals surface area contributed by atoms with Crippen molar-refractivity contribution in [3.63, 3.8) is 0 Å². The lowest BCUT2D eigenvalue weighted by Gasteiger charge is -2.31. The van der Waals surface area contributed by atoms with Gasteiger partial charge in [-0.3, -0.25) is 14.7 Å². The average molecular weight is 508 g/mol. The van der Waals surface area contributed by atoms with Gasteiger partial charge in [-0.15, -0.1) is 0 Å². The van der Waals surface area contributed by atoms with E-state index >= 15 is 0 Å². The molecule has 1 aromatic heterocycles. The van der Waals surface area contributed by atoms with Crippen molar-refractivity contribution in [2.24, 2.45) is 0 Å². The summed E-state index contributed by atoms with van der Waals surface area (Å²) >= 11 is 0. The van der Waals surface area contributed by atoms with E-state index in [9.17, 15) is 9.59 Å². The van der Waals surface area contributed by atoms with Gasteiger partial charge in [0.05, 0.1) is 29.5 Å².